The van der Waals surface area contributed by atoms with Crippen LogP contribution in [0.1, 0.15) is 6.42 Å². The second-order valence-corrected chi connectivity index (χ2v) is 3.46. The lowest BCUT2D eigenvalue weighted by molar-refractivity contribution is 0.275. The summed E-state index contributed by atoms with van der Waals surface area (Å²) in [7, 11) is -4.64. The molecular formula is C5H17N6O4P. The average molecular weight is 256 g/mol. The molecule has 0 fully saturated rings. The van der Waals surface area contributed by atoms with E-state index in [1.807, 2.05) is 0 Å². The van der Waals surface area contributed by atoms with Crippen molar-refractivity contribution in [3.63, 3.8) is 0 Å². The van der Waals surface area contributed by atoms with Crippen molar-refractivity contribution >= 4 is 19.7 Å². The van der Waals surface area contributed by atoms with Crippen LogP contribution in [0.5, 0.6) is 0 Å². The molecule has 11 N–H and O–H groups in total. The van der Waals surface area contributed by atoms with E-state index in [2.05, 4.69) is 9.98 Å². The third-order valence-electron chi connectivity index (χ3n) is 0.880. The fraction of sp³-hybridized carbons (Fsp3) is 0.600. The maximum Gasteiger partial charge on any atom is 0.466 e. The second-order valence-electron chi connectivity index (χ2n) is 2.43. The number of guanidine groups is 2. The van der Waals surface area contributed by atoms with Crippen molar-refractivity contribution in [1.29, 1.82) is 0 Å². The molecule has 0 heterocycles. The van der Waals surface area contributed by atoms with Gasteiger partial charge in [0.25, 0.3) is 0 Å². The highest BCUT2D eigenvalue weighted by molar-refractivity contribution is 7.45. The van der Waals surface area contributed by atoms with Gasteiger partial charge in [-0.05, 0) is 13.0 Å². The van der Waals surface area contributed by atoms with Crippen LogP contribution in [0.25, 0.3) is 0 Å². The van der Waals surface area contributed by atoms with Crippen molar-refractivity contribution in [2.75, 3.05) is 13.1 Å². The monoisotopic (exact) mass is 256 g/mol. The highest BCUT2D eigenvalue weighted by Gasteiger charge is 2.00. The average Bonchev–Trinajstić information content (AvgIpc) is 1.99. The summed E-state index contributed by atoms with van der Waals surface area (Å²) in [5, 5.41) is 0. The standard InChI is InChI=1S/C5H14N6.H3O4P/c6-2-1-3-10-5(9)11-4(7)8;1-5(2,3)4/h1-3,6H2,(H6,7,8,9,10,11);(H3,1,2,3,4). The molecule has 0 aromatic rings. The molecule has 0 aromatic heterocycles. The number of hydrogen-bond donors (Lipinski definition) is 7. The third kappa shape index (κ3) is 29.3. The number of phosphoric acid groups is 1. The van der Waals surface area contributed by atoms with E-state index < -0.39 is 7.82 Å². The lowest BCUT2D eigenvalue weighted by Crippen LogP contribution is -2.26. The van der Waals surface area contributed by atoms with Crippen molar-refractivity contribution < 1.29 is 19.2 Å². The first-order valence-electron chi connectivity index (χ1n) is 4.04. The molecule has 16 heavy (non-hydrogen) atoms. The molecule has 0 aliphatic carbocycles. The molecule has 0 atom stereocenters. The minimum Gasteiger partial charge on any atom is -0.370 e. The Balaban J connectivity index is 0. The Morgan fingerprint density at radius 3 is 1.94 bits per heavy atom. The van der Waals surface area contributed by atoms with E-state index in [0.717, 1.165) is 6.42 Å². The van der Waals surface area contributed by atoms with Crippen molar-refractivity contribution in [2.24, 2.45) is 32.9 Å². The largest absolute Gasteiger partial charge is 0.466 e. The van der Waals surface area contributed by atoms with Gasteiger partial charge in [-0.2, -0.15) is 4.99 Å². The summed E-state index contributed by atoms with van der Waals surface area (Å²) in [5.74, 6) is 0.0115. The fourth-order valence-corrected chi connectivity index (χ4v) is 0.453. The molecule has 0 rings (SSSR count). The van der Waals surface area contributed by atoms with Crippen LogP contribution in [0.2, 0.25) is 0 Å². The van der Waals surface area contributed by atoms with Crippen LogP contribution in [0.4, 0.5) is 0 Å². The van der Waals surface area contributed by atoms with Gasteiger partial charge in [-0.3, -0.25) is 4.99 Å². The molecule has 10 nitrogen and oxygen atoms in total. The van der Waals surface area contributed by atoms with Crippen molar-refractivity contribution in [3.05, 3.63) is 0 Å². The smallest absolute Gasteiger partial charge is 0.370 e. The molecule has 0 spiro atoms. The molecule has 0 saturated carbocycles. The zero-order valence-electron chi connectivity index (χ0n) is 8.52. The van der Waals surface area contributed by atoms with Gasteiger partial charge >= 0.3 is 7.82 Å². The van der Waals surface area contributed by atoms with Gasteiger partial charge in [-0.15, -0.1) is 0 Å². The van der Waals surface area contributed by atoms with Gasteiger partial charge in [0.05, 0.1) is 0 Å². The molecule has 0 radical (unpaired) electrons. The maximum atomic E-state index is 8.88. The minimum atomic E-state index is -4.64. The molecule has 0 aliphatic heterocycles. The van der Waals surface area contributed by atoms with Gasteiger partial charge in [0.2, 0.25) is 5.96 Å². The lowest BCUT2D eigenvalue weighted by Gasteiger charge is -1.93. The van der Waals surface area contributed by atoms with E-state index in [1.165, 1.54) is 0 Å². The minimum absolute atomic E-state index is 0.0843. The Kier molecular flexibility index (Phi) is 9.75. The first-order valence-corrected chi connectivity index (χ1v) is 5.61. The molecule has 0 aliphatic rings. The Labute approximate surface area is 92.3 Å². The van der Waals surface area contributed by atoms with E-state index in [4.69, 9.17) is 42.2 Å². The van der Waals surface area contributed by atoms with Crippen LogP contribution in [0, 0.1) is 0 Å². The van der Waals surface area contributed by atoms with Gasteiger partial charge in [-0.1, -0.05) is 0 Å². The molecule has 0 unspecified atom stereocenters. The van der Waals surface area contributed by atoms with Crippen LogP contribution in [-0.2, 0) is 4.57 Å². The number of nitrogens with two attached hydrogens (primary N) is 4. The molecule has 0 saturated heterocycles. The lowest BCUT2D eigenvalue weighted by atomic mass is 10.4. The molecule has 0 bridgehead atoms. The van der Waals surface area contributed by atoms with E-state index in [-0.39, 0.29) is 11.9 Å². The zero-order chi connectivity index (χ0) is 13.2. The molecule has 11 heteroatoms. The molecule has 0 aromatic carbocycles. The summed E-state index contributed by atoms with van der Waals surface area (Å²) in [6, 6.07) is 0. The van der Waals surface area contributed by atoms with Crippen molar-refractivity contribution in [2.45, 2.75) is 6.42 Å². The van der Waals surface area contributed by atoms with Crippen molar-refractivity contribution in [3.8, 4) is 0 Å². The molecular weight excluding hydrogens is 239 g/mol. The van der Waals surface area contributed by atoms with Crippen LogP contribution in [0.3, 0.4) is 0 Å². The van der Waals surface area contributed by atoms with E-state index >= 15 is 0 Å². The quantitative estimate of drug-likeness (QED) is 0.119. The first kappa shape index (κ1) is 17.2. The third-order valence-corrected chi connectivity index (χ3v) is 0.880. The summed E-state index contributed by atoms with van der Waals surface area (Å²) in [5.41, 5.74) is 20.6. The van der Waals surface area contributed by atoms with E-state index in [0.29, 0.717) is 13.1 Å². The second kappa shape index (κ2) is 9.07. The topological polar surface area (TPSA) is 207 Å². The van der Waals surface area contributed by atoms with Gasteiger partial charge in [0.1, 0.15) is 0 Å². The first-order chi connectivity index (χ1) is 7.16. The predicted molar refractivity (Wildman–Crippen MR) is 60.2 cm³/mol. The van der Waals surface area contributed by atoms with Crippen LogP contribution < -0.4 is 22.9 Å². The summed E-state index contributed by atoms with van der Waals surface area (Å²) in [6.45, 7) is 1.14. The molecule has 0 amide bonds. The Bertz CT molecular complexity index is 274. The van der Waals surface area contributed by atoms with Crippen LogP contribution in [-0.4, -0.2) is 39.7 Å². The van der Waals surface area contributed by atoms with Gasteiger partial charge in [0.15, 0.2) is 5.96 Å². The normalized spacial score (nSPS) is 11.4. The Morgan fingerprint density at radius 2 is 1.62 bits per heavy atom. The number of aliphatic imine (C=N–C) groups is 2. The number of rotatable bonds is 3. The fourth-order valence-electron chi connectivity index (χ4n) is 0.453. The summed E-state index contributed by atoms with van der Waals surface area (Å²) in [4.78, 5) is 28.9. The highest BCUT2D eigenvalue weighted by atomic mass is 31.2. The summed E-state index contributed by atoms with van der Waals surface area (Å²) in [6.07, 6.45) is 0.778. The zero-order valence-corrected chi connectivity index (χ0v) is 9.42. The van der Waals surface area contributed by atoms with E-state index in [9.17, 15) is 0 Å². The van der Waals surface area contributed by atoms with Gasteiger partial charge in [-0.25, -0.2) is 4.57 Å². The summed E-state index contributed by atoms with van der Waals surface area (Å²) >= 11 is 0. The Hall–Kier alpha value is -1.19. The summed E-state index contributed by atoms with van der Waals surface area (Å²) < 4.78 is 8.88. The Morgan fingerprint density at radius 1 is 1.19 bits per heavy atom. The molecule has 96 valence electrons. The van der Waals surface area contributed by atoms with Crippen molar-refractivity contribution in [1.82, 2.24) is 0 Å². The maximum absolute atomic E-state index is 8.88. The van der Waals surface area contributed by atoms with Crippen LogP contribution >= 0.6 is 7.82 Å². The van der Waals surface area contributed by atoms with Gasteiger partial charge in [0, 0.05) is 6.54 Å². The number of nitrogens with zero attached hydrogens (tertiary/aromatic N) is 2. The van der Waals surface area contributed by atoms with E-state index in [1.54, 1.807) is 0 Å². The SMILES string of the molecule is NCCCN=C(N)N=C(N)N.O=P(O)(O)O. The predicted octanol–water partition coefficient (Wildman–Crippen LogP) is -3.01. The highest BCUT2D eigenvalue weighted by Crippen LogP contribution is 2.25. The van der Waals surface area contributed by atoms with Gasteiger partial charge < -0.3 is 37.6 Å². The van der Waals surface area contributed by atoms with Crippen LogP contribution in [0.15, 0.2) is 9.98 Å². The number of hydrogen-bond acceptors (Lipinski definition) is 3.